The minimum absolute atomic E-state index is 0.0227. The van der Waals surface area contributed by atoms with Gasteiger partial charge in [0.05, 0.1) is 0 Å². The molecule has 1 nitrogen and oxygen atoms in total. The van der Waals surface area contributed by atoms with Crippen LogP contribution in [-0.2, 0) is 11.8 Å². The summed E-state index contributed by atoms with van der Waals surface area (Å²) in [6.07, 6.45) is 12.2. The van der Waals surface area contributed by atoms with E-state index in [1.807, 2.05) is 0 Å². The zero-order chi connectivity index (χ0) is 19.3. The Bertz CT molecular complexity index is 761. The number of benzene rings is 2. The highest BCUT2D eigenvalue weighted by Gasteiger charge is 2.38. The number of aryl methyl sites for hydroxylation is 1. The highest BCUT2D eigenvalue weighted by molar-refractivity contribution is 9.10. The molecule has 0 bridgehead atoms. The quantitative estimate of drug-likeness (QED) is 0.533. The summed E-state index contributed by atoms with van der Waals surface area (Å²) in [5.41, 5.74) is 4.16. The second kappa shape index (κ2) is 9.09. The third-order valence-corrected chi connectivity index (χ3v) is 6.69. The molecule has 2 heteroatoms. The Morgan fingerprint density at radius 2 is 1.74 bits per heavy atom. The molecular formula is C25H29BrO. The van der Waals surface area contributed by atoms with Crippen LogP contribution in [0.15, 0.2) is 53.0 Å². The standard InChI is InChI=1S/C25H29BrO/c1-3-5-19-6-8-20(9-7-19)21-14-16-25(17-15-21,18-24(27)4-2)22-10-12-23(26)13-11-22/h2,6-13,21,24,27H,3,5,14-18H2,1H3. The molecule has 1 N–H and O–H groups in total. The largest absolute Gasteiger partial charge is 0.380 e. The topological polar surface area (TPSA) is 20.2 Å². The number of rotatable bonds is 6. The van der Waals surface area contributed by atoms with Crippen molar-refractivity contribution in [3.05, 3.63) is 69.7 Å². The monoisotopic (exact) mass is 424 g/mol. The molecule has 2 aromatic rings. The van der Waals surface area contributed by atoms with Crippen LogP contribution in [0.4, 0.5) is 0 Å². The van der Waals surface area contributed by atoms with Gasteiger partial charge in [0.2, 0.25) is 0 Å². The lowest BCUT2D eigenvalue weighted by Crippen LogP contribution is -2.34. The third-order valence-electron chi connectivity index (χ3n) is 6.17. The second-order valence-electron chi connectivity index (χ2n) is 7.94. The second-order valence-corrected chi connectivity index (χ2v) is 8.86. The number of hydrogen-bond donors (Lipinski definition) is 1. The maximum Gasteiger partial charge on any atom is 0.115 e. The van der Waals surface area contributed by atoms with Crippen LogP contribution in [0.2, 0.25) is 0 Å². The van der Waals surface area contributed by atoms with Crippen molar-refractivity contribution in [2.45, 2.75) is 69.3 Å². The number of aliphatic hydroxyl groups is 1. The van der Waals surface area contributed by atoms with Crippen LogP contribution in [-0.4, -0.2) is 11.2 Å². The van der Waals surface area contributed by atoms with Crippen LogP contribution in [0.5, 0.6) is 0 Å². The average Bonchev–Trinajstić information content (AvgIpc) is 2.70. The van der Waals surface area contributed by atoms with Gasteiger partial charge >= 0.3 is 0 Å². The zero-order valence-corrected chi connectivity index (χ0v) is 17.7. The molecule has 0 aliphatic heterocycles. The maximum absolute atomic E-state index is 10.2. The molecule has 0 radical (unpaired) electrons. The minimum atomic E-state index is -0.682. The van der Waals surface area contributed by atoms with Crippen LogP contribution >= 0.6 is 15.9 Å². The molecule has 0 heterocycles. The molecule has 1 fully saturated rings. The van der Waals surface area contributed by atoms with Crippen LogP contribution in [0.1, 0.15) is 68.1 Å². The van der Waals surface area contributed by atoms with Crippen molar-refractivity contribution in [3.63, 3.8) is 0 Å². The van der Waals surface area contributed by atoms with E-state index in [1.54, 1.807) is 0 Å². The molecular weight excluding hydrogens is 396 g/mol. The molecule has 2 aromatic carbocycles. The van der Waals surface area contributed by atoms with Gasteiger partial charge < -0.3 is 5.11 Å². The molecule has 0 spiro atoms. The predicted octanol–water partition coefficient (Wildman–Crippen LogP) is 6.38. The lowest BCUT2D eigenvalue weighted by Gasteiger charge is -2.41. The first-order chi connectivity index (χ1) is 13.1. The van der Waals surface area contributed by atoms with Gasteiger partial charge in [-0.1, -0.05) is 71.6 Å². The van der Waals surface area contributed by atoms with Crippen LogP contribution in [0.25, 0.3) is 0 Å². The van der Waals surface area contributed by atoms with Gasteiger partial charge in [0.25, 0.3) is 0 Å². The van der Waals surface area contributed by atoms with E-state index in [1.165, 1.54) is 23.1 Å². The Kier molecular flexibility index (Phi) is 6.79. The molecule has 1 aliphatic rings. The van der Waals surface area contributed by atoms with Gasteiger partial charge in [-0.15, -0.1) is 6.42 Å². The van der Waals surface area contributed by atoms with Crippen molar-refractivity contribution < 1.29 is 5.11 Å². The summed E-state index contributed by atoms with van der Waals surface area (Å²) >= 11 is 3.53. The summed E-state index contributed by atoms with van der Waals surface area (Å²) in [4.78, 5) is 0. The molecule has 0 aromatic heterocycles. The van der Waals surface area contributed by atoms with Gasteiger partial charge in [-0.05, 0) is 78.7 Å². The lowest BCUT2D eigenvalue weighted by molar-refractivity contribution is 0.148. The van der Waals surface area contributed by atoms with Gasteiger partial charge in [0.1, 0.15) is 6.10 Å². The Morgan fingerprint density at radius 3 is 2.30 bits per heavy atom. The fourth-order valence-electron chi connectivity index (χ4n) is 4.59. The van der Waals surface area contributed by atoms with E-state index >= 15 is 0 Å². The van der Waals surface area contributed by atoms with Gasteiger partial charge in [-0.25, -0.2) is 0 Å². The molecule has 1 aliphatic carbocycles. The molecule has 1 saturated carbocycles. The smallest absolute Gasteiger partial charge is 0.115 e. The van der Waals surface area contributed by atoms with Crippen LogP contribution in [0, 0.1) is 12.3 Å². The summed E-state index contributed by atoms with van der Waals surface area (Å²) < 4.78 is 1.08. The normalized spacial score (nSPS) is 23.6. The lowest BCUT2D eigenvalue weighted by atomic mass is 9.63. The summed E-state index contributed by atoms with van der Waals surface area (Å²) in [5, 5.41) is 10.2. The van der Waals surface area contributed by atoms with E-state index in [-0.39, 0.29) is 5.41 Å². The maximum atomic E-state index is 10.2. The number of halogens is 1. The van der Waals surface area contributed by atoms with Gasteiger partial charge in [-0.3, -0.25) is 0 Å². The van der Waals surface area contributed by atoms with Crippen molar-refractivity contribution >= 4 is 15.9 Å². The number of terminal acetylenes is 1. The van der Waals surface area contributed by atoms with E-state index in [4.69, 9.17) is 6.42 Å². The first kappa shape index (κ1) is 20.2. The van der Waals surface area contributed by atoms with E-state index in [2.05, 4.69) is 77.3 Å². The molecule has 0 saturated heterocycles. The predicted molar refractivity (Wildman–Crippen MR) is 117 cm³/mol. The first-order valence-electron chi connectivity index (χ1n) is 10.1. The summed E-state index contributed by atoms with van der Waals surface area (Å²) in [6, 6.07) is 17.8. The highest BCUT2D eigenvalue weighted by atomic mass is 79.9. The van der Waals surface area contributed by atoms with Crippen molar-refractivity contribution in [2.75, 3.05) is 0 Å². The SMILES string of the molecule is C#CC(O)CC1(c2ccc(Br)cc2)CCC(c2ccc(CCC)cc2)CC1. The minimum Gasteiger partial charge on any atom is -0.380 e. The summed E-state index contributed by atoms with van der Waals surface area (Å²) in [6.45, 7) is 2.22. The van der Waals surface area contributed by atoms with E-state index in [0.29, 0.717) is 12.3 Å². The van der Waals surface area contributed by atoms with E-state index in [9.17, 15) is 5.11 Å². The molecule has 142 valence electrons. The van der Waals surface area contributed by atoms with E-state index < -0.39 is 6.10 Å². The van der Waals surface area contributed by atoms with Gasteiger partial charge in [0, 0.05) is 4.47 Å². The fraction of sp³-hybridized carbons (Fsp3) is 0.440. The summed E-state index contributed by atoms with van der Waals surface area (Å²) in [5.74, 6) is 3.13. The van der Waals surface area contributed by atoms with Gasteiger partial charge in [0.15, 0.2) is 0 Å². The fourth-order valence-corrected chi connectivity index (χ4v) is 4.86. The molecule has 0 amide bonds. The number of aliphatic hydroxyl groups excluding tert-OH is 1. The van der Waals surface area contributed by atoms with Crippen LogP contribution in [0.3, 0.4) is 0 Å². The molecule has 1 atom stereocenters. The van der Waals surface area contributed by atoms with Crippen molar-refractivity contribution in [1.82, 2.24) is 0 Å². The van der Waals surface area contributed by atoms with Gasteiger partial charge in [-0.2, -0.15) is 0 Å². The van der Waals surface area contributed by atoms with Crippen LogP contribution < -0.4 is 0 Å². The first-order valence-corrected chi connectivity index (χ1v) is 10.8. The Hall–Kier alpha value is -1.56. The third kappa shape index (κ3) is 4.84. The van der Waals surface area contributed by atoms with Crippen molar-refractivity contribution in [3.8, 4) is 12.3 Å². The molecule has 1 unspecified atom stereocenters. The Balaban J connectivity index is 1.77. The Morgan fingerprint density at radius 1 is 1.11 bits per heavy atom. The van der Waals surface area contributed by atoms with Crippen molar-refractivity contribution in [2.24, 2.45) is 0 Å². The average molecular weight is 425 g/mol. The molecule has 27 heavy (non-hydrogen) atoms. The highest BCUT2D eigenvalue weighted by Crippen LogP contribution is 2.47. The summed E-state index contributed by atoms with van der Waals surface area (Å²) in [7, 11) is 0. The number of hydrogen-bond acceptors (Lipinski definition) is 1. The zero-order valence-electron chi connectivity index (χ0n) is 16.1. The van der Waals surface area contributed by atoms with E-state index in [0.717, 1.165) is 36.6 Å². The Labute approximate surface area is 172 Å². The molecule has 3 rings (SSSR count). The van der Waals surface area contributed by atoms with Crippen molar-refractivity contribution in [1.29, 1.82) is 0 Å².